The van der Waals surface area contributed by atoms with Crippen LogP contribution in [0.4, 0.5) is 0 Å². The molecule has 1 atom stereocenters. The highest BCUT2D eigenvalue weighted by molar-refractivity contribution is 8.19. The van der Waals surface area contributed by atoms with Crippen LogP contribution in [-0.2, 0) is 9.16 Å². The van der Waals surface area contributed by atoms with Crippen LogP contribution in [-0.4, -0.2) is 43.2 Å². The van der Waals surface area contributed by atoms with Gasteiger partial charge in [-0.3, -0.25) is 0 Å². The quantitative estimate of drug-likeness (QED) is 0.416. The van der Waals surface area contributed by atoms with E-state index in [9.17, 15) is 0 Å². The first-order valence-corrected chi connectivity index (χ1v) is 15.7. The van der Waals surface area contributed by atoms with Gasteiger partial charge in [0, 0.05) is 6.42 Å². The van der Waals surface area contributed by atoms with Crippen molar-refractivity contribution >= 4 is 42.2 Å². The van der Waals surface area contributed by atoms with E-state index in [1.807, 2.05) is 0 Å². The zero-order chi connectivity index (χ0) is 22.2. The van der Waals surface area contributed by atoms with E-state index < -0.39 is 8.32 Å². The number of hydrogen-bond donors (Lipinski definition) is 0. The van der Waals surface area contributed by atoms with Gasteiger partial charge in [-0.15, -0.1) is 23.5 Å². The Morgan fingerprint density at radius 2 is 1.53 bits per heavy atom. The Balaban J connectivity index is 1.63. The van der Waals surface area contributed by atoms with Crippen LogP contribution >= 0.6 is 23.5 Å². The molecule has 2 nitrogen and oxygen atoms in total. The molecule has 3 aliphatic rings. The van der Waals surface area contributed by atoms with Gasteiger partial charge in [0.15, 0.2) is 0 Å². The molecule has 1 saturated heterocycles. The molecule has 0 saturated carbocycles. The second-order valence-electron chi connectivity index (χ2n) is 10.1. The van der Waals surface area contributed by atoms with Crippen molar-refractivity contribution in [3.8, 4) is 0 Å². The van der Waals surface area contributed by atoms with Crippen molar-refractivity contribution < 1.29 is 9.16 Å². The standard InChI is InChI=1S/C27H34O2S2Si/c1-26(2,3)32(21-11-6-4-7-12-21,22-13-8-5-9-14-22)29-25-19-27(30-17-10-18-31-27)24-20-28-16-15-23(24)25/h4-9,11-14,25H,10,15-20H2,1-3H3. The summed E-state index contributed by atoms with van der Waals surface area (Å²) in [4.78, 5) is 0. The van der Waals surface area contributed by atoms with Crippen LogP contribution in [0.5, 0.6) is 0 Å². The van der Waals surface area contributed by atoms with Gasteiger partial charge >= 0.3 is 0 Å². The van der Waals surface area contributed by atoms with Crippen LogP contribution in [0.25, 0.3) is 0 Å². The minimum Gasteiger partial charge on any atom is -0.401 e. The monoisotopic (exact) mass is 482 g/mol. The van der Waals surface area contributed by atoms with Crippen LogP contribution < -0.4 is 10.4 Å². The van der Waals surface area contributed by atoms with E-state index in [1.54, 1.807) is 11.1 Å². The Hall–Kier alpha value is -0.983. The molecule has 1 aliphatic carbocycles. The molecule has 0 radical (unpaired) electrons. The highest BCUT2D eigenvalue weighted by Crippen LogP contribution is 2.58. The molecule has 1 unspecified atom stereocenters. The van der Waals surface area contributed by atoms with Gasteiger partial charge in [-0.25, -0.2) is 0 Å². The Morgan fingerprint density at radius 3 is 2.09 bits per heavy atom. The summed E-state index contributed by atoms with van der Waals surface area (Å²) < 4.78 is 13.8. The Bertz CT molecular complexity index is 923. The molecule has 2 aromatic rings. The predicted octanol–water partition coefficient (Wildman–Crippen LogP) is 5.62. The molecule has 1 spiro atoms. The lowest BCUT2D eigenvalue weighted by atomic mass is 10.1. The number of hydrogen-bond acceptors (Lipinski definition) is 4. The molecular formula is C27H34O2S2Si. The maximum Gasteiger partial charge on any atom is 0.261 e. The van der Waals surface area contributed by atoms with Crippen LogP contribution in [0.2, 0.25) is 5.04 Å². The third-order valence-corrected chi connectivity index (χ3v) is 15.6. The van der Waals surface area contributed by atoms with Gasteiger partial charge in [0.05, 0.1) is 23.4 Å². The Labute approximate surface area is 202 Å². The second-order valence-corrected chi connectivity index (χ2v) is 17.4. The molecule has 5 heteroatoms. The predicted molar refractivity (Wildman–Crippen MR) is 142 cm³/mol. The fraction of sp³-hybridized carbons (Fsp3) is 0.481. The number of thioether (sulfide) groups is 2. The van der Waals surface area contributed by atoms with E-state index >= 15 is 0 Å². The van der Waals surface area contributed by atoms with Crippen molar-refractivity contribution in [1.82, 2.24) is 0 Å². The van der Waals surface area contributed by atoms with E-state index in [-0.39, 0.29) is 15.2 Å². The number of benzene rings is 2. The van der Waals surface area contributed by atoms with Gasteiger partial charge in [-0.1, -0.05) is 81.4 Å². The first-order valence-electron chi connectivity index (χ1n) is 11.8. The SMILES string of the molecule is CC(C)(C)[Si](OC1CC2(SCCCS2)C2=C1CCOC2)(c1ccccc1)c1ccccc1. The zero-order valence-corrected chi connectivity index (χ0v) is 22.1. The molecule has 2 aliphatic heterocycles. The minimum absolute atomic E-state index is 0.00417. The molecule has 5 rings (SSSR count). The van der Waals surface area contributed by atoms with E-state index in [0.717, 1.165) is 26.1 Å². The maximum absolute atomic E-state index is 7.63. The van der Waals surface area contributed by atoms with Gasteiger partial charge < -0.3 is 9.16 Å². The summed E-state index contributed by atoms with van der Waals surface area (Å²) in [7, 11) is -2.56. The van der Waals surface area contributed by atoms with Crippen molar-refractivity contribution in [2.45, 2.75) is 55.3 Å². The number of fused-ring (bicyclic) bond motifs is 1. The van der Waals surface area contributed by atoms with Crippen LogP contribution in [0.3, 0.4) is 0 Å². The molecule has 0 N–H and O–H groups in total. The highest BCUT2D eigenvalue weighted by atomic mass is 32.2. The fourth-order valence-corrected chi connectivity index (χ4v) is 13.9. The van der Waals surface area contributed by atoms with Crippen molar-refractivity contribution in [1.29, 1.82) is 0 Å². The molecule has 170 valence electrons. The molecule has 2 heterocycles. The maximum atomic E-state index is 7.63. The summed E-state index contributed by atoms with van der Waals surface area (Å²) in [5.74, 6) is 2.49. The third kappa shape index (κ3) is 3.84. The van der Waals surface area contributed by atoms with Gasteiger partial charge in [0.1, 0.15) is 0 Å². The average molecular weight is 483 g/mol. The molecule has 1 fully saturated rings. The lowest BCUT2D eigenvalue weighted by Crippen LogP contribution is -2.67. The van der Waals surface area contributed by atoms with Crippen molar-refractivity contribution in [2.24, 2.45) is 0 Å². The van der Waals surface area contributed by atoms with Gasteiger partial charge in [0.25, 0.3) is 8.32 Å². The Kier molecular flexibility index (Phi) is 6.40. The van der Waals surface area contributed by atoms with Crippen LogP contribution in [0, 0.1) is 0 Å². The topological polar surface area (TPSA) is 18.5 Å². The number of ether oxygens (including phenoxy) is 1. The van der Waals surface area contributed by atoms with E-state index in [1.165, 1.54) is 28.3 Å². The zero-order valence-electron chi connectivity index (χ0n) is 19.4. The summed E-state index contributed by atoms with van der Waals surface area (Å²) >= 11 is 4.30. The average Bonchev–Trinajstić information content (AvgIpc) is 3.11. The van der Waals surface area contributed by atoms with Crippen molar-refractivity contribution in [3.63, 3.8) is 0 Å². The van der Waals surface area contributed by atoms with Crippen molar-refractivity contribution in [3.05, 3.63) is 71.8 Å². The van der Waals surface area contributed by atoms with E-state index in [2.05, 4.69) is 105 Å². The summed E-state index contributed by atoms with van der Waals surface area (Å²) in [6, 6.07) is 22.2. The van der Waals surface area contributed by atoms with Crippen LogP contribution in [0.1, 0.15) is 40.0 Å². The lowest BCUT2D eigenvalue weighted by molar-refractivity contribution is 0.138. The molecule has 0 bridgehead atoms. The van der Waals surface area contributed by atoms with Crippen molar-refractivity contribution in [2.75, 3.05) is 24.7 Å². The molecule has 0 aromatic heterocycles. The summed E-state index contributed by atoms with van der Waals surface area (Å²) in [5.41, 5.74) is 3.09. The molecule has 2 aromatic carbocycles. The normalized spacial score (nSPS) is 23.4. The van der Waals surface area contributed by atoms with Gasteiger partial charge in [-0.05, 0) is 50.9 Å². The van der Waals surface area contributed by atoms with Gasteiger partial charge in [0.2, 0.25) is 0 Å². The molecular weight excluding hydrogens is 449 g/mol. The number of rotatable bonds is 4. The van der Waals surface area contributed by atoms with E-state index in [0.29, 0.717) is 0 Å². The van der Waals surface area contributed by atoms with Crippen LogP contribution in [0.15, 0.2) is 71.8 Å². The smallest absolute Gasteiger partial charge is 0.261 e. The minimum atomic E-state index is -2.56. The third-order valence-electron chi connectivity index (χ3n) is 7.15. The second kappa shape index (κ2) is 8.99. The first-order chi connectivity index (χ1) is 15.5. The largest absolute Gasteiger partial charge is 0.401 e. The molecule has 0 amide bonds. The fourth-order valence-electron chi connectivity index (χ4n) is 5.68. The highest BCUT2D eigenvalue weighted by Gasteiger charge is 2.56. The van der Waals surface area contributed by atoms with Gasteiger partial charge in [-0.2, -0.15) is 0 Å². The summed E-state index contributed by atoms with van der Waals surface area (Å²) in [6.07, 6.45) is 3.58. The summed E-state index contributed by atoms with van der Waals surface area (Å²) in [5, 5.41) is 2.75. The lowest BCUT2D eigenvalue weighted by Gasteiger charge is -2.45. The Morgan fingerprint density at radius 1 is 0.938 bits per heavy atom. The summed E-state index contributed by atoms with van der Waals surface area (Å²) in [6.45, 7) is 8.76. The first kappa shape index (κ1) is 22.8. The molecule has 32 heavy (non-hydrogen) atoms. The van der Waals surface area contributed by atoms with E-state index in [4.69, 9.17) is 9.16 Å².